The van der Waals surface area contributed by atoms with E-state index in [4.69, 9.17) is 11.6 Å². The Balaban J connectivity index is 2.28. The Labute approximate surface area is 115 Å². The van der Waals surface area contributed by atoms with Crippen LogP contribution in [-0.2, 0) is 6.54 Å². The summed E-state index contributed by atoms with van der Waals surface area (Å²) in [5.41, 5.74) is 0.694. The highest BCUT2D eigenvalue weighted by molar-refractivity contribution is 7.99. The van der Waals surface area contributed by atoms with Gasteiger partial charge in [0.1, 0.15) is 5.82 Å². The van der Waals surface area contributed by atoms with Crippen molar-refractivity contribution in [1.82, 2.24) is 5.32 Å². The van der Waals surface area contributed by atoms with Gasteiger partial charge >= 0.3 is 0 Å². The van der Waals surface area contributed by atoms with E-state index >= 15 is 0 Å². The van der Waals surface area contributed by atoms with Gasteiger partial charge in [-0.1, -0.05) is 29.4 Å². The third kappa shape index (κ3) is 3.25. The Kier molecular flexibility index (Phi) is 4.64. The fraction of sp³-hybridized carbons (Fsp3) is 0.143. The zero-order valence-electron chi connectivity index (χ0n) is 9.91. The van der Waals surface area contributed by atoms with Gasteiger partial charge in [0.25, 0.3) is 0 Å². The summed E-state index contributed by atoms with van der Waals surface area (Å²) in [5, 5.41) is 3.69. The summed E-state index contributed by atoms with van der Waals surface area (Å²) < 4.78 is 13.7. The Morgan fingerprint density at radius 1 is 1.17 bits per heavy atom. The van der Waals surface area contributed by atoms with Crippen molar-refractivity contribution < 1.29 is 4.39 Å². The molecular weight excluding hydrogens is 269 g/mol. The van der Waals surface area contributed by atoms with Gasteiger partial charge in [-0.2, -0.15) is 0 Å². The first-order valence-electron chi connectivity index (χ1n) is 5.56. The van der Waals surface area contributed by atoms with Crippen LogP contribution in [-0.4, -0.2) is 7.05 Å². The van der Waals surface area contributed by atoms with Crippen molar-refractivity contribution in [1.29, 1.82) is 0 Å². The van der Waals surface area contributed by atoms with Gasteiger partial charge < -0.3 is 5.32 Å². The summed E-state index contributed by atoms with van der Waals surface area (Å²) in [6, 6.07) is 12.7. The van der Waals surface area contributed by atoms with E-state index in [0.717, 1.165) is 9.79 Å². The molecule has 1 N–H and O–H groups in total. The topological polar surface area (TPSA) is 12.0 Å². The van der Waals surface area contributed by atoms with Crippen LogP contribution in [0.2, 0.25) is 5.02 Å². The van der Waals surface area contributed by atoms with Gasteiger partial charge in [-0.15, -0.1) is 0 Å². The van der Waals surface area contributed by atoms with Gasteiger partial charge in [0.2, 0.25) is 0 Å². The molecule has 94 valence electrons. The van der Waals surface area contributed by atoms with Crippen LogP contribution in [0.15, 0.2) is 52.3 Å². The molecule has 0 atom stereocenters. The molecule has 1 nitrogen and oxygen atoms in total. The van der Waals surface area contributed by atoms with Crippen LogP contribution in [0.3, 0.4) is 0 Å². The fourth-order valence-corrected chi connectivity index (χ4v) is 2.70. The molecule has 0 aromatic heterocycles. The Bertz CT molecular complexity index is 528. The Hall–Kier alpha value is -1.03. The third-order valence-corrected chi connectivity index (χ3v) is 3.83. The molecule has 0 aliphatic carbocycles. The average Bonchev–Trinajstić information content (AvgIpc) is 2.36. The molecule has 0 amide bonds. The largest absolute Gasteiger partial charge is 0.316 e. The first-order valence-corrected chi connectivity index (χ1v) is 6.75. The molecule has 18 heavy (non-hydrogen) atoms. The van der Waals surface area contributed by atoms with Crippen LogP contribution in [0.1, 0.15) is 5.56 Å². The van der Waals surface area contributed by atoms with Crippen LogP contribution in [0.5, 0.6) is 0 Å². The highest BCUT2D eigenvalue weighted by Gasteiger charge is 2.08. The van der Waals surface area contributed by atoms with E-state index in [1.54, 1.807) is 6.07 Å². The van der Waals surface area contributed by atoms with E-state index in [2.05, 4.69) is 5.32 Å². The number of hydrogen-bond donors (Lipinski definition) is 1. The molecule has 2 rings (SSSR count). The lowest BCUT2D eigenvalue weighted by molar-refractivity contribution is 0.594. The van der Waals surface area contributed by atoms with Crippen molar-refractivity contribution in [2.75, 3.05) is 7.05 Å². The number of rotatable bonds is 4. The van der Waals surface area contributed by atoms with Crippen molar-refractivity contribution in [3.63, 3.8) is 0 Å². The van der Waals surface area contributed by atoms with Crippen molar-refractivity contribution >= 4 is 23.4 Å². The van der Waals surface area contributed by atoms with E-state index in [1.165, 1.54) is 17.8 Å². The molecule has 0 radical (unpaired) electrons. The van der Waals surface area contributed by atoms with Crippen molar-refractivity contribution in [2.24, 2.45) is 0 Å². The van der Waals surface area contributed by atoms with Crippen molar-refractivity contribution in [2.45, 2.75) is 16.3 Å². The Morgan fingerprint density at radius 3 is 2.56 bits per heavy atom. The van der Waals surface area contributed by atoms with E-state index < -0.39 is 0 Å². The van der Waals surface area contributed by atoms with Crippen LogP contribution >= 0.6 is 23.4 Å². The molecule has 0 saturated carbocycles. The zero-order chi connectivity index (χ0) is 13.0. The van der Waals surface area contributed by atoms with Crippen LogP contribution < -0.4 is 5.32 Å². The molecule has 0 saturated heterocycles. The second kappa shape index (κ2) is 6.23. The monoisotopic (exact) mass is 281 g/mol. The average molecular weight is 282 g/mol. The fourth-order valence-electron chi connectivity index (χ4n) is 1.61. The number of halogens is 2. The summed E-state index contributed by atoms with van der Waals surface area (Å²) in [4.78, 5) is 1.97. The van der Waals surface area contributed by atoms with Gasteiger partial charge in [0.05, 0.1) is 0 Å². The highest BCUT2D eigenvalue weighted by Crippen LogP contribution is 2.32. The maximum atomic E-state index is 13.7. The molecule has 0 heterocycles. The maximum Gasteiger partial charge on any atom is 0.128 e. The Morgan fingerprint density at radius 2 is 1.89 bits per heavy atom. The first-order chi connectivity index (χ1) is 8.70. The van der Waals surface area contributed by atoms with Crippen molar-refractivity contribution in [3.05, 3.63) is 58.9 Å². The van der Waals surface area contributed by atoms with Gasteiger partial charge in [-0.05, 0) is 43.4 Å². The standard InChI is InChI=1S/C14H13ClFNS/c1-17-9-12-13(16)3-2-4-14(12)18-11-7-5-10(15)6-8-11/h2-8,17H,9H2,1H3. The van der Waals surface area contributed by atoms with E-state index in [-0.39, 0.29) is 5.82 Å². The summed E-state index contributed by atoms with van der Waals surface area (Å²) >= 11 is 7.38. The quantitative estimate of drug-likeness (QED) is 0.894. The highest BCUT2D eigenvalue weighted by atomic mass is 35.5. The smallest absolute Gasteiger partial charge is 0.128 e. The zero-order valence-corrected chi connectivity index (χ0v) is 11.5. The molecule has 2 aromatic rings. The predicted octanol–water partition coefficient (Wildman–Crippen LogP) is 4.35. The van der Waals surface area contributed by atoms with E-state index in [0.29, 0.717) is 17.1 Å². The van der Waals surface area contributed by atoms with Gasteiger partial charge in [0, 0.05) is 26.9 Å². The predicted molar refractivity (Wildman–Crippen MR) is 74.7 cm³/mol. The number of nitrogens with one attached hydrogen (secondary N) is 1. The number of hydrogen-bond acceptors (Lipinski definition) is 2. The number of benzene rings is 2. The van der Waals surface area contributed by atoms with Crippen LogP contribution in [0, 0.1) is 5.82 Å². The molecular formula is C14H13ClFNS. The maximum absolute atomic E-state index is 13.7. The van der Waals surface area contributed by atoms with E-state index in [9.17, 15) is 4.39 Å². The minimum Gasteiger partial charge on any atom is -0.316 e. The second-order valence-electron chi connectivity index (χ2n) is 3.80. The normalized spacial score (nSPS) is 10.6. The molecule has 2 aromatic carbocycles. The van der Waals surface area contributed by atoms with Crippen molar-refractivity contribution in [3.8, 4) is 0 Å². The summed E-state index contributed by atoms with van der Waals surface area (Å²) in [6.07, 6.45) is 0. The summed E-state index contributed by atoms with van der Waals surface area (Å²) in [6.45, 7) is 0.516. The lowest BCUT2D eigenvalue weighted by Gasteiger charge is -2.09. The third-order valence-electron chi connectivity index (χ3n) is 2.47. The van der Waals surface area contributed by atoms with Crippen LogP contribution in [0.25, 0.3) is 0 Å². The lowest BCUT2D eigenvalue weighted by atomic mass is 10.2. The minimum atomic E-state index is -0.177. The molecule has 0 aliphatic rings. The molecule has 0 unspecified atom stereocenters. The first kappa shape index (κ1) is 13.4. The second-order valence-corrected chi connectivity index (χ2v) is 5.35. The van der Waals surface area contributed by atoms with Gasteiger partial charge in [0.15, 0.2) is 0 Å². The molecule has 0 spiro atoms. The van der Waals surface area contributed by atoms with Gasteiger partial charge in [-0.25, -0.2) is 4.39 Å². The lowest BCUT2D eigenvalue weighted by Crippen LogP contribution is -2.08. The molecule has 0 fully saturated rings. The van der Waals surface area contributed by atoms with Crippen LogP contribution in [0.4, 0.5) is 4.39 Å². The minimum absolute atomic E-state index is 0.177. The van der Waals surface area contributed by atoms with E-state index in [1.807, 2.05) is 37.4 Å². The summed E-state index contributed by atoms with van der Waals surface area (Å²) in [7, 11) is 1.81. The van der Waals surface area contributed by atoms with Gasteiger partial charge in [-0.3, -0.25) is 0 Å². The molecule has 4 heteroatoms. The molecule has 0 aliphatic heterocycles. The summed E-state index contributed by atoms with van der Waals surface area (Å²) in [5.74, 6) is -0.177. The molecule has 0 bridgehead atoms. The SMILES string of the molecule is CNCc1c(F)cccc1Sc1ccc(Cl)cc1.